The van der Waals surface area contributed by atoms with E-state index in [0.29, 0.717) is 5.82 Å². The minimum Gasteiger partial charge on any atom is -0.480 e. The van der Waals surface area contributed by atoms with Gasteiger partial charge in [0, 0.05) is 26.2 Å². The van der Waals surface area contributed by atoms with Gasteiger partial charge in [0.25, 0.3) is 0 Å². The van der Waals surface area contributed by atoms with E-state index < -0.39 is 5.97 Å². The van der Waals surface area contributed by atoms with Crippen molar-refractivity contribution in [3.8, 4) is 0 Å². The summed E-state index contributed by atoms with van der Waals surface area (Å²) in [5, 5.41) is 8.70. The second kappa shape index (κ2) is 5.01. The largest absolute Gasteiger partial charge is 0.480 e. The average Bonchev–Trinajstić information content (AvgIpc) is 2.30. The van der Waals surface area contributed by atoms with Gasteiger partial charge in [-0.25, -0.2) is 4.98 Å². The number of pyridine rings is 1. The van der Waals surface area contributed by atoms with E-state index in [9.17, 15) is 4.79 Å². The van der Waals surface area contributed by atoms with Crippen LogP contribution < -0.4 is 10.6 Å². The van der Waals surface area contributed by atoms with Gasteiger partial charge in [0.2, 0.25) is 0 Å². The molecule has 0 aromatic carbocycles. The molecule has 0 atom stereocenters. The molecule has 2 rings (SSSR count). The summed E-state index contributed by atoms with van der Waals surface area (Å²) >= 11 is 0. The van der Waals surface area contributed by atoms with E-state index in [0.717, 1.165) is 31.9 Å². The van der Waals surface area contributed by atoms with Crippen LogP contribution >= 0.6 is 0 Å². The summed E-state index contributed by atoms with van der Waals surface area (Å²) in [5.74, 6) is -0.258. The average molecular weight is 236 g/mol. The Morgan fingerprint density at radius 1 is 1.35 bits per heavy atom. The van der Waals surface area contributed by atoms with Crippen LogP contribution in [-0.4, -0.2) is 53.7 Å². The molecule has 1 fully saturated rings. The number of nitrogens with zero attached hydrogens (tertiary/aromatic N) is 3. The van der Waals surface area contributed by atoms with E-state index in [2.05, 4.69) is 9.88 Å². The summed E-state index contributed by atoms with van der Waals surface area (Å²) in [5.41, 5.74) is 6.57. The van der Waals surface area contributed by atoms with Crippen molar-refractivity contribution in [1.29, 1.82) is 0 Å². The van der Waals surface area contributed by atoms with Gasteiger partial charge in [0.1, 0.15) is 5.82 Å². The Morgan fingerprint density at radius 2 is 2.06 bits per heavy atom. The van der Waals surface area contributed by atoms with Crippen LogP contribution in [0.2, 0.25) is 0 Å². The molecule has 0 amide bonds. The van der Waals surface area contributed by atoms with Gasteiger partial charge in [-0.3, -0.25) is 9.69 Å². The second-order valence-corrected chi connectivity index (χ2v) is 4.10. The fourth-order valence-corrected chi connectivity index (χ4v) is 1.94. The summed E-state index contributed by atoms with van der Waals surface area (Å²) in [6.07, 6.45) is 1.75. The van der Waals surface area contributed by atoms with Crippen LogP contribution in [0.25, 0.3) is 0 Å². The molecule has 17 heavy (non-hydrogen) atoms. The topological polar surface area (TPSA) is 82.7 Å². The van der Waals surface area contributed by atoms with Crippen molar-refractivity contribution >= 4 is 17.5 Å². The monoisotopic (exact) mass is 236 g/mol. The van der Waals surface area contributed by atoms with Crippen LogP contribution in [0.15, 0.2) is 18.3 Å². The van der Waals surface area contributed by atoms with E-state index in [1.807, 2.05) is 11.0 Å². The Labute approximate surface area is 99.7 Å². The number of nitrogens with two attached hydrogens (primary N) is 1. The van der Waals surface area contributed by atoms with Crippen molar-refractivity contribution in [2.24, 2.45) is 0 Å². The Morgan fingerprint density at radius 3 is 2.59 bits per heavy atom. The van der Waals surface area contributed by atoms with Crippen molar-refractivity contribution in [3.05, 3.63) is 18.3 Å². The first kappa shape index (κ1) is 11.7. The van der Waals surface area contributed by atoms with E-state index in [4.69, 9.17) is 10.8 Å². The fraction of sp³-hybridized carbons (Fsp3) is 0.455. The molecule has 1 aliphatic rings. The van der Waals surface area contributed by atoms with Gasteiger partial charge < -0.3 is 15.7 Å². The number of nitrogen functional groups attached to an aromatic ring is 1. The zero-order valence-corrected chi connectivity index (χ0v) is 9.54. The lowest BCUT2D eigenvalue weighted by molar-refractivity contribution is -0.138. The molecule has 1 aromatic heterocycles. The molecule has 92 valence electrons. The molecule has 1 aromatic rings. The van der Waals surface area contributed by atoms with Gasteiger partial charge in [0.15, 0.2) is 0 Å². The van der Waals surface area contributed by atoms with Crippen molar-refractivity contribution in [2.45, 2.75) is 0 Å². The summed E-state index contributed by atoms with van der Waals surface area (Å²) in [6, 6.07) is 3.72. The zero-order valence-electron chi connectivity index (χ0n) is 9.54. The molecule has 0 spiro atoms. The lowest BCUT2D eigenvalue weighted by atomic mass is 10.2. The highest BCUT2D eigenvalue weighted by atomic mass is 16.4. The van der Waals surface area contributed by atoms with Crippen LogP contribution in [0, 0.1) is 0 Å². The third kappa shape index (κ3) is 3.07. The number of hydrogen-bond donors (Lipinski definition) is 2. The van der Waals surface area contributed by atoms with Crippen molar-refractivity contribution in [2.75, 3.05) is 43.4 Å². The minimum absolute atomic E-state index is 0.119. The Hall–Kier alpha value is -1.82. The lowest BCUT2D eigenvalue weighted by Crippen LogP contribution is -2.48. The molecule has 0 unspecified atom stereocenters. The number of rotatable bonds is 3. The van der Waals surface area contributed by atoms with Crippen LogP contribution in [0.4, 0.5) is 11.5 Å². The minimum atomic E-state index is -0.771. The SMILES string of the molecule is Nc1ccc(N2CCN(CC(=O)O)CC2)cn1. The fourth-order valence-electron chi connectivity index (χ4n) is 1.94. The lowest BCUT2D eigenvalue weighted by Gasteiger charge is -2.35. The van der Waals surface area contributed by atoms with E-state index in [1.165, 1.54) is 0 Å². The van der Waals surface area contributed by atoms with Gasteiger partial charge >= 0.3 is 5.97 Å². The van der Waals surface area contributed by atoms with E-state index >= 15 is 0 Å². The van der Waals surface area contributed by atoms with Crippen LogP contribution in [0.5, 0.6) is 0 Å². The molecule has 0 saturated carbocycles. The smallest absolute Gasteiger partial charge is 0.317 e. The maximum atomic E-state index is 10.6. The highest BCUT2D eigenvalue weighted by molar-refractivity contribution is 5.69. The van der Waals surface area contributed by atoms with Gasteiger partial charge in [-0.1, -0.05) is 0 Å². The second-order valence-electron chi connectivity index (χ2n) is 4.10. The summed E-state index contributed by atoms with van der Waals surface area (Å²) in [4.78, 5) is 18.7. The number of piperazine rings is 1. The Bertz CT molecular complexity index is 385. The predicted molar refractivity (Wildman–Crippen MR) is 64.9 cm³/mol. The van der Waals surface area contributed by atoms with Gasteiger partial charge in [-0.2, -0.15) is 0 Å². The van der Waals surface area contributed by atoms with Crippen LogP contribution in [0.1, 0.15) is 0 Å². The molecule has 6 nitrogen and oxygen atoms in total. The van der Waals surface area contributed by atoms with Crippen LogP contribution in [0.3, 0.4) is 0 Å². The maximum Gasteiger partial charge on any atom is 0.317 e. The summed E-state index contributed by atoms with van der Waals surface area (Å²) in [6.45, 7) is 3.28. The first-order valence-electron chi connectivity index (χ1n) is 5.56. The summed E-state index contributed by atoms with van der Waals surface area (Å²) in [7, 11) is 0. The molecule has 1 saturated heterocycles. The molecule has 0 bridgehead atoms. The van der Waals surface area contributed by atoms with Gasteiger partial charge in [-0.05, 0) is 12.1 Å². The number of carbonyl (C=O) groups is 1. The number of carboxylic acid groups (broad SMARTS) is 1. The normalized spacial score (nSPS) is 17.1. The van der Waals surface area contributed by atoms with E-state index in [-0.39, 0.29) is 6.54 Å². The van der Waals surface area contributed by atoms with Gasteiger partial charge in [0.05, 0.1) is 18.4 Å². The third-order valence-electron chi connectivity index (χ3n) is 2.87. The summed E-state index contributed by atoms with van der Waals surface area (Å²) < 4.78 is 0. The molecule has 6 heteroatoms. The number of anilines is 2. The number of hydrogen-bond acceptors (Lipinski definition) is 5. The first-order valence-corrected chi connectivity index (χ1v) is 5.56. The molecule has 1 aliphatic heterocycles. The zero-order chi connectivity index (χ0) is 12.3. The number of aromatic nitrogens is 1. The van der Waals surface area contributed by atoms with Gasteiger partial charge in [-0.15, -0.1) is 0 Å². The molecule has 0 radical (unpaired) electrons. The molecular formula is C11H16N4O2. The highest BCUT2D eigenvalue weighted by Crippen LogP contribution is 2.15. The van der Waals surface area contributed by atoms with Crippen molar-refractivity contribution < 1.29 is 9.90 Å². The first-order chi connectivity index (χ1) is 8.15. The molecule has 0 aliphatic carbocycles. The molecule has 3 N–H and O–H groups in total. The number of aliphatic carboxylic acids is 1. The molecule has 2 heterocycles. The highest BCUT2D eigenvalue weighted by Gasteiger charge is 2.18. The molecular weight excluding hydrogens is 220 g/mol. The Balaban J connectivity index is 1.90. The van der Waals surface area contributed by atoms with Crippen LogP contribution in [-0.2, 0) is 4.79 Å². The van der Waals surface area contributed by atoms with Crippen molar-refractivity contribution in [1.82, 2.24) is 9.88 Å². The standard InChI is InChI=1S/C11H16N4O2/c12-10-2-1-9(7-13-10)15-5-3-14(4-6-15)8-11(16)17/h1-2,7H,3-6,8H2,(H2,12,13)(H,16,17). The van der Waals surface area contributed by atoms with E-state index in [1.54, 1.807) is 12.3 Å². The quantitative estimate of drug-likeness (QED) is 0.760. The maximum absolute atomic E-state index is 10.6. The third-order valence-corrected chi connectivity index (χ3v) is 2.87. The Kier molecular flexibility index (Phi) is 3.43. The number of carboxylic acids is 1. The predicted octanol–water partition coefficient (Wildman–Crippen LogP) is -0.130. The van der Waals surface area contributed by atoms with Crippen molar-refractivity contribution in [3.63, 3.8) is 0 Å².